The first-order valence-corrected chi connectivity index (χ1v) is 10.6. The van der Waals surface area contributed by atoms with Gasteiger partial charge in [-0.2, -0.15) is 0 Å². The van der Waals surface area contributed by atoms with Crippen LogP contribution in [0.3, 0.4) is 0 Å². The number of morpholine rings is 1. The highest BCUT2D eigenvalue weighted by Crippen LogP contribution is 2.23. The lowest BCUT2D eigenvalue weighted by Crippen LogP contribution is -2.47. The predicted molar refractivity (Wildman–Crippen MR) is 134 cm³/mol. The lowest BCUT2D eigenvalue weighted by Gasteiger charge is -2.35. The molecule has 1 aliphatic heterocycles. The quantitative estimate of drug-likeness (QED) is 0.276. The summed E-state index contributed by atoms with van der Waals surface area (Å²) in [4.78, 5) is 18.9. The molecule has 170 valence electrons. The van der Waals surface area contributed by atoms with Gasteiger partial charge in [0, 0.05) is 36.7 Å². The van der Waals surface area contributed by atoms with E-state index in [4.69, 9.17) is 16.3 Å². The first kappa shape index (κ1) is 26.9. The van der Waals surface area contributed by atoms with Crippen molar-refractivity contribution in [3.63, 3.8) is 0 Å². The number of carbonyl (C=O) groups excluding carboxylic acids is 1. The highest BCUT2D eigenvalue weighted by molar-refractivity contribution is 14.0. The summed E-state index contributed by atoms with van der Waals surface area (Å²) in [5, 5.41) is 10.3. The Kier molecular flexibility index (Phi) is 12.0. The zero-order valence-corrected chi connectivity index (χ0v) is 21.4. The molecule has 0 saturated carbocycles. The standard InChI is InChI=1S/C21H34ClN5O2.HI/c1-5-23-20(25-15-19(28)26-21(2,3)4)24-14-18(27-10-12-29-13-11-27)16-6-8-17(22)9-7-16;/h6-9,18H,5,10-15H2,1-4H3,(H,26,28)(H2,23,24,25);1H. The van der Waals surface area contributed by atoms with Crippen LogP contribution in [0.5, 0.6) is 0 Å². The van der Waals surface area contributed by atoms with Crippen LogP contribution in [0.1, 0.15) is 39.3 Å². The third kappa shape index (κ3) is 9.80. The minimum Gasteiger partial charge on any atom is -0.379 e. The van der Waals surface area contributed by atoms with Crippen molar-refractivity contribution in [1.82, 2.24) is 20.9 Å². The maximum atomic E-state index is 12.1. The number of benzene rings is 1. The van der Waals surface area contributed by atoms with E-state index in [9.17, 15) is 4.79 Å². The summed E-state index contributed by atoms with van der Waals surface area (Å²) >= 11 is 6.07. The van der Waals surface area contributed by atoms with E-state index in [2.05, 4.69) is 38.0 Å². The molecule has 9 heteroatoms. The molecule has 1 aliphatic rings. The Labute approximate surface area is 202 Å². The van der Waals surface area contributed by atoms with Crippen LogP contribution in [0.2, 0.25) is 5.02 Å². The van der Waals surface area contributed by atoms with E-state index >= 15 is 0 Å². The Morgan fingerprint density at radius 1 is 1.20 bits per heavy atom. The summed E-state index contributed by atoms with van der Waals surface area (Å²) < 4.78 is 5.51. The zero-order valence-electron chi connectivity index (χ0n) is 18.3. The lowest BCUT2D eigenvalue weighted by molar-refractivity contribution is -0.121. The van der Waals surface area contributed by atoms with E-state index in [0.29, 0.717) is 12.5 Å². The largest absolute Gasteiger partial charge is 0.379 e. The number of nitrogens with zero attached hydrogens (tertiary/aromatic N) is 2. The van der Waals surface area contributed by atoms with Crippen molar-refractivity contribution in [3.8, 4) is 0 Å². The normalized spacial score (nSPS) is 16.4. The maximum Gasteiger partial charge on any atom is 0.242 e. The second-order valence-electron chi connectivity index (χ2n) is 8.09. The van der Waals surface area contributed by atoms with E-state index in [-0.39, 0.29) is 48.0 Å². The molecule has 1 atom stereocenters. The molecular formula is C21H35ClIN5O2. The first-order valence-electron chi connectivity index (χ1n) is 10.2. The van der Waals surface area contributed by atoms with Crippen LogP contribution in [0.25, 0.3) is 0 Å². The molecule has 1 saturated heterocycles. The number of halogens is 2. The molecule has 0 spiro atoms. The molecule has 1 heterocycles. The average Bonchev–Trinajstić information content (AvgIpc) is 2.67. The molecule has 1 fully saturated rings. The van der Waals surface area contributed by atoms with Crippen LogP contribution in [0, 0.1) is 0 Å². The van der Waals surface area contributed by atoms with Gasteiger partial charge in [0.1, 0.15) is 6.54 Å². The lowest BCUT2D eigenvalue weighted by atomic mass is 10.0. The van der Waals surface area contributed by atoms with Crippen molar-refractivity contribution in [3.05, 3.63) is 34.9 Å². The van der Waals surface area contributed by atoms with Gasteiger partial charge in [0.15, 0.2) is 5.96 Å². The number of ether oxygens (including phenoxy) is 1. The second-order valence-corrected chi connectivity index (χ2v) is 8.53. The molecular weight excluding hydrogens is 517 g/mol. The van der Waals surface area contributed by atoms with Crippen molar-refractivity contribution in [2.45, 2.75) is 39.3 Å². The van der Waals surface area contributed by atoms with E-state index in [0.717, 1.165) is 37.9 Å². The number of amides is 1. The van der Waals surface area contributed by atoms with Crippen molar-refractivity contribution < 1.29 is 9.53 Å². The SMILES string of the molecule is CCNC(=NCC(=O)NC(C)(C)C)NCC(c1ccc(Cl)cc1)N1CCOCC1.I. The van der Waals surface area contributed by atoms with Crippen LogP contribution in [0.15, 0.2) is 29.3 Å². The number of carbonyl (C=O) groups is 1. The van der Waals surface area contributed by atoms with Crippen LogP contribution in [0.4, 0.5) is 0 Å². The first-order chi connectivity index (χ1) is 13.8. The van der Waals surface area contributed by atoms with Gasteiger partial charge in [0.2, 0.25) is 5.91 Å². The Hall–Kier alpha value is -1.10. The van der Waals surface area contributed by atoms with Gasteiger partial charge in [-0.25, -0.2) is 4.99 Å². The third-order valence-corrected chi connectivity index (χ3v) is 4.70. The Balaban J connectivity index is 0.00000450. The second kappa shape index (κ2) is 13.3. The topological polar surface area (TPSA) is 78.0 Å². The maximum absolute atomic E-state index is 12.1. The number of guanidine groups is 1. The molecule has 0 radical (unpaired) electrons. The monoisotopic (exact) mass is 551 g/mol. The van der Waals surface area contributed by atoms with Crippen molar-refractivity contribution >= 4 is 47.4 Å². The molecule has 1 unspecified atom stereocenters. The van der Waals surface area contributed by atoms with Crippen molar-refractivity contribution in [1.29, 1.82) is 0 Å². The summed E-state index contributed by atoms with van der Waals surface area (Å²) in [6, 6.07) is 8.11. The summed E-state index contributed by atoms with van der Waals surface area (Å²) in [7, 11) is 0. The molecule has 1 aromatic carbocycles. The number of nitrogens with one attached hydrogen (secondary N) is 3. The van der Waals surface area contributed by atoms with E-state index in [1.807, 2.05) is 39.8 Å². The van der Waals surface area contributed by atoms with Gasteiger partial charge in [-0.1, -0.05) is 23.7 Å². The van der Waals surface area contributed by atoms with Crippen molar-refractivity contribution in [2.24, 2.45) is 4.99 Å². The van der Waals surface area contributed by atoms with Gasteiger partial charge in [-0.05, 0) is 45.4 Å². The van der Waals surface area contributed by atoms with Crippen LogP contribution >= 0.6 is 35.6 Å². The molecule has 1 aromatic rings. The van der Waals surface area contributed by atoms with Crippen LogP contribution in [-0.4, -0.2) is 68.2 Å². The molecule has 7 nitrogen and oxygen atoms in total. The van der Waals surface area contributed by atoms with Gasteiger partial charge in [0.25, 0.3) is 0 Å². The fraction of sp³-hybridized carbons (Fsp3) is 0.619. The fourth-order valence-corrected chi connectivity index (χ4v) is 3.30. The van der Waals surface area contributed by atoms with E-state index in [1.165, 1.54) is 5.56 Å². The summed E-state index contributed by atoms with van der Waals surface area (Å²) in [6.07, 6.45) is 0. The highest BCUT2D eigenvalue weighted by atomic mass is 127. The third-order valence-electron chi connectivity index (χ3n) is 4.44. The predicted octanol–water partition coefficient (Wildman–Crippen LogP) is 2.80. The van der Waals surface area contributed by atoms with Gasteiger partial charge in [-0.3, -0.25) is 9.69 Å². The summed E-state index contributed by atoms with van der Waals surface area (Å²) in [6.45, 7) is 12.5. The number of hydrogen-bond acceptors (Lipinski definition) is 4. The molecule has 0 bridgehead atoms. The van der Waals surface area contributed by atoms with E-state index in [1.54, 1.807) is 0 Å². The minimum absolute atomic E-state index is 0. The summed E-state index contributed by atoms with van der Waals surface area (Å²) in [5.41, 5.74) is 0.916. The molecule has 3 N–H and O–H groups in total. The molecule has 1 amide bonds. The number of hydrogen-bond donors (Lipinski definition) is 3. The molecule has 0 aliphatic carbocycles. The molecule has 30 heavy (non-hydrogen) atoms. The Morgan fingerprint density at radius 3 is 2.40 bits per heavy atom. The number of aliphatic imine (C=N–C) groups is 1. The van der Waals surface area contributed by atoms with Crippen LogP contribution < -0.4 is 16.0 Å². The van der Waals surface area contributed by atoms with Gasteiger partial charge in [-0.15, -0.1) is 24.0 Å². The average molecular weight is 552 g/mol. The van der Waals surface area contributed by atoms with Crippen LogP contribution in [-0.2, 0) is 9.53 Å². The number of rotatable bonds is 7. The molecule has 2 rings (SSSR count). The Morgan fingerprint density at radius 2 is 1.83 bits per heavy atom. The van der Waals surface area contributed by atoms with Gasteiger partial charge >= 0.3 is 0 Å². The fourth-order valence-electron chi connectivity index (χ4n) is 3.18. The smallest absolute Gasteiger partial charge is 0.242 e. The van der Waals surface area contributed by atoms with Gasteiger partial charge < -0.3 is 20.7 Å². The van der Waals surface area contributed by atoms with Crippen molar-refractivity contribution in [2.75, 3.05) is 45.9 Å². The minimum atomic E-state index is -0.269. The van der Waals surface area contributed by atoms with Gasteiger partial charge in [0.05, 0.1) is 19.3 Å². The zero-order chi connectivity index (χ0) is 21.3. The van der Waals surface area contributed by atoms with E-state index < -0.39 is 0 Å². The molecule has 0 aromatic heterocycles. The Bertz CT molecular complexity index is 673. The highest BCUT2D eigenvalue weighted by Gasteiger charge is 2.23. The summed E-state index contributed by atoms with van der Waals surface area (Å²) in [5.74, 6) is 0.529.